The Kier molecular flexibility index (Phi) is 4.57. The summed E-state index contributed by atoms with van der Waals surface area (Å²) in [6.07, 6.45) is 0.347. The van der Waals surface area contributed by atoms with E-state index in [0.29, 0.717) is 17.9 Å². The van der Waals surface area contributed by atoms with Crippen molar-refractivity contribution in [1.82, 2.24) is 5.32 Å². The van der Waals surface area contributed by atoms with E-state index < -0.39 is 17.9 Å². The fourth-order valence-electron chi connectivity index (χ4n) is 2.03. The summed E-state index contributed by atoms with van der Waals surface area (Å²) in [5.74, 6) is -0.660. The van der Waals surface area contributed by atoms with Gasteiger partial charge in [-0.3, -0.25) is 4.79 Å². The first-order chi connectivity index (χ1) is 9.88. The molecule has 1 aliphatic rings. The Morgan fingerprint density at radius 3 is 2.71 bits per heavy atom. The van der Waals surface area contributed by atoms with E-state index in [4.69, 9.17) is 26.2 Å². The maximum absolute atomic E-state index is 12.2. The average Bonchev–Trinajstić information content (AvgIpc) is 2.85. The Hall–Kier alpha value is -1.95. The van der Waals surface area contributed by atoms with Crippen molar-refractivity contribution in [3.05, 3.63) is 22.7 Å². The van der Waals surface area contributed by atoms with Crippen LogP contribution in [0.15, 0.2) is 12.1 Å². The SMILES string of the molecule is CC(C)C[C@H](NC(=O)c1cc(Cl)c2c(c1)OCO2)C(=O)O. The molecule has 0 fully saturated rings. The van der Waals surface area contributed by atoms with Gasteiger partial charge >= 0.3 is 5.97 Å². The molecule has 1 heterocycles. The number of ether oxygens (including phenoxy) is 2. The molecule has 0 unspecified atom stereocenters. The number of benzene rings is 1. The summed E-state index contributed by atoms with van der Waals surface area (Å²) in [4.78, 5) is 23.3. The quantitative estimate of drug-likeness (QED) is 0.871. The lowest BCUT2D eigenvalue weighted by molar-refractivity contribution is -0.139. The summed E-state index contributed by atoms with van der Waals surface area (Å²) in [6, 6.07) is 1.97. The van der Waals surface area contributed by atoms with Crippen molar-refractivity contribution >= 4 is 23.5 Å². The zero-order valence-corrected chi connectivity index (χ0v) is 12.4. The summed E-state index contributed by atoms with van der Waals surface area (Å²) in [6.45, 7) is 3.82. The minimum atomic E-state index is -1.07. The van der Waals surface area contributed by atoms with Crippen molar-refractivity contribution in [2.24, 2.45) is 5.92 Å². The first-order valence-corrected chi connectivity index (χ1v) is 6.89. The number of rotatable bonds is 5. The Bertz CT molecular complexity index is 573. The third-order valence-electron chi connectivity index (χ3n) is 3.00. The molecule has 1 aromatic rings. The van der Waals surface area contributed by atoms with Crippen LogP contribution in [0.4, 0.5) is 0 Å². The van der Waals surface area contributed by atoms with Crippen LogP contribution < -0.4 is 14.8 Å². The molecular formula is C14H16ClNO5. The number of hydrogen-bond donors (Lipinski definition) is 2. The number of nitrogens with one attached hydrogen (secondary N) is 1. The Morgan fingerprint density at radius 2 is 2.10 bits per heavy atom. The molecule has 0 spiro atoms. The van der Waals surface area contributed by atoms with E-state index in [0.717, 1.165) is 0 Å². The van der Waals surface area contributed by atoms with Gasteiger partial charge in [0.1, 0.15) is 6.04 Å². The number of hydrogen-bond acceptors (Lipinski definition) is 4. The van der Waals surface area contributed by atoms with Gasteiger partial charge in [-0.1, -0.05) is 25.4 Å². The van der Waals surface area contributed by atoms with E-state index in [2.05, 4.69) is 5.32 Å². The largest absolute Gasteiger partial charge is 0.480 e. The second-order valence-electron chi connectivity index (χ2n) is 5.19. The number of amides is 1. The Balaban J connectivity index is 2.16. The van der Waals surface area contributed by atoms with Gasteiger partial charge in [0.15, 0.2) is 11.5 Å². The third-order valence-corrected chi connectivity index (χ3v) is 3.28. The van der Waals surface area contributed by atoms with Gasteiger partial charge in [-0.05, 0) is 24.5 Å². The van der Waals surface area contributed by atoms with Crippen LogP contribution in [0.3, 0.4) is 0 Å². The van der Waals surface area contributed by atoms with Crippen molar-refractivity contribution in [3.63, 3.8) is 0 Å². The van der Waals surface area contributed by atoms with Gasteiger partial charge in [-0.15, -0.1) is 0 Å². The lowest BCUT2D eigenvalue weighted by atomic mass is 10.0. The van der Waals surface area contributed by atoms with Gasteiger partial charge in [0, 0.05) is 5.56 Å². The van der Waals surface area contributed by atoms with Crippen LogP contribution >= 0.6 is 11.6 Å². The fraction of sp³-hybridized carbons (Fsp3) is 0.429. The van der Waals surface area contributed by atoms with E-state index in [1.807, 2.05) is 13.8 Å². The number of halogens is 1. The maximum atomic E-state index is 12.2. The molecule has 0 aliphatic carbocycles. The number of aliphatic carboxylic acids is 1. The third kappa shape index (κ3) is 3.58. The van der Waals surface area contributed by atoms with E-state index in [9.17, 15) is 9.59 Å². The first-order valence-electron chi connectivity index (χ1n) is 6.51. The van der Waals surface area contributed by atoms with E-state index in [1.165, 1.54) is 12.1 Å². The molecule has 0 saturated heterocycles. The summed E-state index contributed by atoms with van der Waals surface area (Å²) in [5.41, 5.74) is 0.235. The highest BCUT2D eigenvalue weighted by Gasteiger charge is 2.24. The van der Waals surface area contributed by atoms with Crippen LogP contribution in [0.5, 0.6) is 11.5 Å². The van der Waals surface area contributed by atoms with Gasteiger partial charge in [0.25, 0.3) is 5.91 Å². The second kappa shape index (κ2) is 6.22. The van der Waals surface area contributed by atoms with Gasteiger partial charge in [0.05, 0.1) is 5.02 Å². The normalized spacial score (nSPS) is 14.1. The molecular weight excluding hydrogens is 298 g/mol. The molecule has 1 aliphatic heterocycles. The summed E-state index contributed by atoms with van der Waals surface area (Å²) in [5, 5.41) is 11.9. The zero-order chi connectivity index (χ0) is 15.6. The molecule has 0 aromatic heterocycles. The Morgan fingerprint density at radius 1 is 1.38 bits per heavy atom. The molecule has 2 rings (SSSR count). The maximum Gasteiger partial charge on any atom is 0.326 e. The zero-order valence-electron chi connectivity index (χ0n) is 11.7. The molecule has 1 amide bonds. The Labute approximate surface area is 127 Å². The number of carboxylic acids is 1. The molecule has 114 valence electrons. The van der Waals surface area contributed by atoms with Crippen LogP contribution in [0, 0.1) is 5.92 Å². The number of carbonyl (C=O) groups is 2. The van der Waals surface area contributed by atoms with Crippen molar-refractivity contribution in [2.45, 2.75) is 26.3 Å². The smallest absolute Gasteiger partial charge is 0.326 e. The molecule has 7 heteroatoms. The summed E-state index contributed by atoms with van der Waals surface area (Å²) < 4.78 is 10.3. The van der Waals surface area contributed by atoms with E-state index in [-0.39, 0.29) is 23.3 Å². The number of carboxylic acid groups (broad SMARTS) is 1. The highest BCUT2D eigenvalue weighted by Crippen LogP contribution is 2.39. The molecule has 2 N–H and O–H groups in total. The van der Waals surface area contributed by atoms with Crippen LogP contribution in [0.1, 0.15) is 30.6 Å². The van der Waals surface area contributed by atoms with Crippen molar-refractivity contribution < 1.29 is 24.2 Å². The van der Waals surface area contributed by atoms with E-state index in [1.54, 1.807) is 0 Å². The van der Waals surface area contributed by atoms with Crippen molar-refractivity contribution in [1.29, 1.82) is 0 Å². The second-order valence-corrected chi connectivity index (χ2v) is 5.59. The number of fused-ring (bicyclic) bond motifs is 1. The van der Waals surface area contributed by atoms with Crippen LogP contribution in [0.25, 0.3) is 0 Å². The standard InChI is InChI=1S/C14H16ClNO5/c1-7(2)3-10(14(18)19)16-13(17)8-4-9(15)12-11(5-8)20-6-21-12/h4-5,7,10H,3,6H2,1-2H3,(H,16,17)(H,18,19)/t10-/m0/s1. The topological polar surface area (TPSA) is 84.9 Å². The minimum absolute atomic E-state index is 0.0469. The highest BCUT2D eigenvalue weighted by atomic mass is 35.5. The predicted octanol–water partition coefficient (Wildman–Crippen LogP) is 2.30. The average molecular weight is 314 g/mol. The summed E-state index contributed by atoms with van der Waals surface area (Å²) in [7, 11) is 0. The molecule has 0 bridgehead atoms. The van der Waals surface area contributed by atoms with Gasteiger partial charge in [0.2, 0.25) is 6.79 Å². The van der Waals surface area contributed by atoms with Crippen molar-refractivity contribution in [3.8, 4) is 11.5 Å². The molecule has 1 atom stereocenters. The van der Waals surface area contributed by atoms with Gasteiger partial charge < -0.3 is 19.9 Å². The minimum Gasteiger partial charge on any atom is -0.480 e. The number of carbonyl (C=O) groups excluding carboxylic acids is 1. The summed E-state index contributed by atoms with van der Waals surface area (Å²) >= 11 is 6.00. The van der Waals surface area contributed by atoms with Gasteiger partial charge in [-0.25, -0.2) is 4.79 Å². The van der Waals surface area contributed by atoms with Gasteiger partial charge in [-0.2, -0.15) is 0 Å². The van der Waals surface area contributed by atoms with Crippen LogP contribution in [-0.4, -0.2) is 29.8 Å². The van der Waals surface area contributed by atoms with Crippen LogP contribution in [-0.2, 0) is 4.79 Å². The lowest BCUT2D eigenvalue weighted by Gasteiger charge is -2.16. The van der Waals surface area contributed by atoms with Crippen LogP contribution in [0.2, 0.25) is 5.02 Å². The highest BCUT2D eigenvalue weighted by molar-refractivity contribution is 6.32. The molecule has 6 nitrogen and oxygen atoms in total. The molecule has 0 saturated carbocycles. The molecule has 21 heavy (non-hydrogen) atoms. The molecule has 1 aromatic carbocycles. The first kappa shape index (κ1) is 15.4. The molecule has 0 radical (unpaired) electrons. The predicted molar refractivity (Wildman–Crippen MR) is 75.9 cm³/mol. The lowest BCUT2D eigenvalue weighted by Crippen LogP contribution is -2.41. The van der Waals surface area contributed by atoms with E-state index >= 15 is 0 Å². The fourth-order valence-corrected chi connectivity index (χ4v) is 2.30. The van der Waals surface area contributed by atoms with Crippen molar-refractivity contribution in [2.75, 3.05) is 6.79 Å². The monoisotopic (exact) mass is 313 g/mol.